The van der Waals surface area contributed by atoms with E-state index in [4.69, 9.17) is 5.26 Å². The van der Waals surface area contributed by atoms with E-state index in [0.29, 0.717) is 16.8 Å². The van der Waals surface area contributed by atoms with Crippen LogP contribution in [-0.2, 0) is 0 Å². The topological polar surface area (TPSA) is 52.9 Å². The van der Waals surface area contributed by atoms with Crippen molar-refractivity contribution in [2.75, 3.05) is 5.32 Å². The van der Waals surface area contributed by atoms with Gasteiger partial charge in [0, 0.05) is 14.8 Å². The van der Waals surface area contributed by atoms with Crippen molar-refractivity contribution in [2.45, 2.75) is 6.92 Å². The van der Waals surface area contributed by atoms with Gasteiger partial charge >= 0.3 is 0 Å². The largest absolute Gasteiger partial charge is 0.322 e. The highest BCUT2D eigenvalue weighted by Gasteiger charge is 2.07. The summed E-state index contributed by atoms with van der Waals surface area (Å²) in [6, 6.07) is 14.5. The maximum Gasteiger partial charge on any atom is 0.255 e. The first-order valence-electron chi connectivity index (χ1n) is 5.68. The summed E-state index contributed by atoms with van der Waals surface area (Å²) in [7, 11) is 0. The number of anilines is 1. The minimum absolute atomic E-state index is 0.173. The molecule has 0 aliphatic heterocycles. The van der Waals surface area contributed by atoms with Gasteiger partial charge < -0.3 is 5.32 Å². The van der Waals surface area contributed by atoms with Gasteiger partial charge in [0.15, 0.2) is 0 Å². The molecule has 2 rings (SSSR count). The summed E-state index contributed by atoms with van der Waals surface area (Å²) in [5.74, 6) is -0.173. The fourth-order valence-corrected chi connectivity index (χ4v) is 2.12. The van der Waals surface area contributed by atoms with Crippen molar-refractivity contribution in [1.82, 2.24) is 0 Å². The Balaban J connectivity index is 2.21. The highest BCUT2D eigenvalue weighted by molar-refractivity contribution is 14.1. The smallest absolute Gasteiger partial charge is 0.255 e. The van der Waals surface area contributed by atoms with Crippen molar-refractivity contribution in [2.24, 2.45) is 0 Å². The van der Waals surface area contributed by atoms with E-state index in [1.807, 2.05) is 25.1 Å². The molecule has 0 saturated heterocycles. The van der Waals surface area contributed by atoms with Crippen LogP contribution < -0.4 is 5.32 Å². The van der Waals surface area contributed by atoms with Crippen molar-refractivity contribution in [3.8, 4) is 6.07 Å². The predicted octanol–water partition coefficient (Wildman–Crippen LogP) is 3.72. The van der Waals surface area contributed by atoms with Crippen molar-refractivity contribution < 1.29 is 4.79 Å². The number of halogens is 1. The Kier molecular flexibility index (Phi) is 4.17. The SMILES string of the molecule is Cc1ccc(C(=O)Nc2cccc(C#N)c2)cc1I. The Hall–Kier alpha value is -1.87. The van der Waals surface area contributed by atoms with E-state index in [0.717, 1.165) is 9.13 Å². The molecule has 3 nitrogen and oxygen atoms in total. The van der Waals surface area contributed by atoms with Gasteiger partial charge in [0.1, 0.15) is 0 Å². The number of benzene rings is 2. The summed E-state index contributed by atoms with van der Waals surface area (Å²) in [6.45, 7) is 2.00. The van der Waals surface area contributed by atoms with Gasteiger partial charge in [0.05, 0.1) is 11.6 Å². The summed E-state index contributed by atoms with van der Waals surface area (Å²) in [6.07, 6.45) is 0. The maximum atomic E-state index is 12.1. The van der Waals surface area contributed by atoms with Gasteiger partial charge in [0.25, 0.3) is 5.91 Å². The number of carbonyl (C=O) groups is 1. The van der Waals surface area contributed by atoms with Crippen LogP contribution in [0.5, 0.6) is 0 Å². The molecule has 1 amide bonds. The molecule has 0 spiro atoms. The predicted molar refractivity (Wildman–Crippen MR) is 83.0 cm³/mol. The number of hydrogen-bond donors (Lipinski definition) is 1. The number of carbonyl (C=O) groups excluding carboxylic acids is 1. The van der Waals surface area contributed by atoms with E-state index < -0.39 is 0 Å². The minimum Gasteiger partial charge on any atom is -0.322 e. The molecular weight excluding hydrogens is 351 g/mol. The summed E-state index contributed by atoms with van der Waals surface area (Å²) in [5, 5.41) is 11.6. The van der Waals surface area contributed by atoms with Gasteiger partial charge in [-0.2, -0.15) is 5.26 Å². The molecule has 4 heteroatoms. The molecular formula is C15H11IN2O. The summed E-state index contributed by atoms with van der Waals surface area (Å²) in [4.78, 5) is 12.1. The van der Waals surface area contributed by atoms with Gasteiger partial charge in [-0.15, -0.1) is 0 Å². The molecule has 0 radical (unpaired) electrons. The molecule has 1 N–H and O–H groups in total. The Labute approximate surface area is 125 Å². The maximum absolute atomic E-state index is 12.1. The van der Waals surface area contributed by atoms with Gasteiger partial charge in [-0.3, -0.25) is 4.79 Å². The lowest BCUT2D eigenvalue weighted by Gasteiger charge is -2.07. The Morgan fingerprint density at radius 1 is 1.26 bits per heavy atom. The van der Waals surface area contributed by atoms with Crippen LogP contribution in [-0.4, -0.2) is 5.91 Å². The molecule has 94 valence electrons. The third-order valence-electron chi connectivity index (χ3n) is 2.68. The molecule has 0 bridgehead atoms. The monoisotopic (exact) mass is 362 g/mol. The zero-order chi connectivity index (χ0) is 13.8. The highest BCUT2D eigenvalue weighted by atomic mass is 127. The number of nitrogens with zero attached hydrogens (tertiary/aromatic N) is 1. The van der Waals surface area contributed by atoms with E-state index >= 15 is 0 Å². The number of amides is 1. The van der Waals surface area contributed by atoms with Crippen LogP contribution in [0.25, 0.3) is 0 Å². The van der Waals surface area contributed by atoms with E-state index in [1.54, 1.807) is 30.3 Å². The van der Waals surface area contributed by atoms with Crippen molar-refractivity contribution in [1.29, 1.82) is 5.26 Å². The van der Waals surface area contributed by atoms with Crippen LogP contribution in [0.3, 0.4) is 0 Å². The quantitative estimate of drug-likeness (QED) is 0.828. The molecule has 0 fully saturated rings. The van der Waals surface area contributed by atoms with Crippen LogP contribution in [0, 0.1) is 21.8 Å². The first kappa shape index (κ1) is 13.6. The van der Waals surface area contributed by atoms with Crippen LogP contribution in [0.1, 0.15) is 21.5 Å². The van der Waals surface area contributed by atoms with Gasteiger partial charge in [0.2, 0.25) is 0 Å². The standard InChI is InChI=1S/C15H11IN2O/c1-10-5-6-12(8-14(10)16)15(19)18-13-4-2-3-11(7-13)9-17/h2-8H,1H3,(H,18,19). The lowest BCUT2D eigenvalue weighted by molar-refractivity contribution is 0.102. The Morgan fingerprint density at radius 2 is 2.05 bits per heavy atom. The molecule has 19 heavy (non-hydrogen) atoms. The summed E-state index contributed by atoms with van der Waals surface area (Å²) in [5.41, 5.74) is 2.90. The number of nitrogens with one attached hydrogen (secondary N) is 1. The molecule has 0 atom stereocenters. The molecule has 0 aromatic heterocycles. The lowest BCUT2D eigenvalue weighted by Crippen LogP contribution is -2.12. The van der Waals surface area contributed by atoms with Crippen molar-refractivity contribution >= 4 is 34.2 Å². The second-order valence-electron chi connectivity index (χ2n) is 4.11. The fraction of sp³-hybridized carbons (Fsp3) is 0.0667. The van der Waals surface area contributed by atoms with Gasteiger partial charge in [-0.1, -0.05) is 12.1 Å². The third kappa shape index (κ3) is 3.32. The molecule has 0 heterocycles. The number of nitriles is 1. The van der Waals surface area contributed by atoms with Crippen molar-refractivity contribution in [3.05, 3.63) is 62.7 Å². The number of rotatable bonds is 2. The molecule has 0 aliphatic rings. The molecule has 2 aromatic rings. The Morgan fingerprint density at radius 3 is 2.74 bits per heavy atom. The van der Waals surface area contributed by atoms with Gasteiger partial charge in [-0.05, 0) is 65.4 Å². The zero-order valence-corrected chi connectivity index (χ0v) is 12.4. The van der Waals surface area contributed by atoms with Gasteiger partial charge in [-0.25, -0.2) is 0 Å². The van der Waals surface area contributed by atoms with E-state index in [1.165, 1.54) is 0 Å². The Bertz CT molecular complexity index is 674. The average molecular weight is 362 g/mol. The summed E-state index contributed by atoms with van der Waals surface area (Å²) >= 11 is 2.20. The van der Waals surface area contributed by atoms with E-state index in [-0.39, 0.29) is 5.91 Å². The second kappa shape index (κ2) is 5.85. The molecule has 0 unspecified atom stereocenters. The average Bonchev–Trinajstić information content (AvgIpc) is 2.42. The normalized spacial score (nSPS) is 9.74. The van der Waals surface area contributed by atoms with E-state index in [9.17, 15) is 4.79 Å². The number of hydrogen-bond acceptors (Lipinski definition) is 2. The zero-order valence-electron chi connectivity index (χ0n) is 10.3. The molecule has 0 aliphatic carbocycles. The minimum atomic E-state index is -0.173. The highest BCUT2D eigenvalue weighted by Crippen LogP contribution is 2.16. The first-order chi connectivity index (χ1) is 9.10. The third-order valence-corrected chi connectivity index (χ3v) is 3.85. The summed E-state index contributed by atoms with van der Waals surface area (Å²) < 4.78 is 1.05. The number of aryl methyl sites for hydroxylation is 1. The van der Waals surface area contributed by atoms with Crippen LogP contribution in [0.4, 0.5) is 5.69 Å². The first-order valence-corrected chi connectivity index (χ1v) is 6.75. The lowest BCUT2D eigenvalue weighted by atomic mass is 10.1. The fourth-order valence-electron chi connectivity index (χ4n) is 1.60. The van der Waals surface area contributed by atoms with Crippen LogP contribution in [0.2, 0.25) is 0 Å². The van der Waals surface area contributed by atoms with E-state index in [2.05, 4.69) is 27.9 Å². The van der Waals surface area contributed by atoms with Crippen molar-refractivity contribution in [3.63, 3.8) is 0 Å². The van der Waals surface area contributed by atoms with Crippen LogP contribution in [0.15, 0.2) is 42.5 Å². The van der Waals surface area contributed by atoms with Crippen LogP contribution >= 0.6 is 22.6 Å². The second-order valence-corrected chi connectivity index (χ2v) is 5.27. The molecule has 2 aromatic carbocycles. The molecule has 0 saturated carbocycles.